The highest BCUT2D eigenvalue weighted by atomic mass is 32.2. The van der Waals surface area contributed by atoms with E-state index in [1.807, 2.05) is 0 Å². The molecule has 0 unspecified atom stereocenters. The fraction of sp³-hybridized carbons (Fsp3) is 0.409. The molecule has 0 saturated heterocycles. The van der Waals surface area contributed by atoms with Crippen molar-refractivity contribution in [3.63, 3.8) is 0 Å². The number of anilines is 1. The number of thiazole rings is 1. The first kappa shape index (κ1) is 25.7. The lowest BCUT2D eigenvalue weighted by atomic mass is 10.2. The minimum absolute atomic E-state index is 0.241. The zero-order valence-electron chi connectivity index (χ0n) is 19.2. The number of fused-ring (bicyclic) bond motifs is 1. The van der Waals surface area contributed by atoms with Crippen LogP contribution in [-0.2, 0) is 31.3 Å². The Morgan fingerprint density at radius 2 is 2.00 bits per heavy atom. The molecule has 34 heavy (non-hydrogen) atoms. The Hall–Kier alpha value is -2.96. The normalized spacial score (nSPS) is 10.9. The van der Waals surface area contributed by atoms with Crippen molar-refractivity contribution in [3.8, 4) is 0 Å². The average molecular weight is 507 g/mol. The van der Waals surface area contributed by atoms with Gasteiger partial charge in [-0.1, -0.05) is 35.2 Å². The lowest BCUT2D eigenvalue weighted by Crippen LogP contribution is -2.27. The maximum atomic E-state index is 13.0. The molecule has 3 rings (SSSR count). The minimum atomic E-state index is -0.565. The second-order valence-electron chi connectivity index (χ2n) is 6.96. The largest absolute Gasteiger partial charge is 0.468 e. The Labute approximate surface area is 204 Å². The van der Waals surface area contributed by atoms with Gasteiger partial charge >= 0.3 is 11.9 Å². The Morgan fingerprint density at radius 3 is 2.74 bits per heavy atom. The van der Waals surface area contributed by atoms with Crippen LogP contribution in [0.2, 0.25) is 0 Å². The van der Waals surface area contributed by atoms with Gasteiger partial charge in [0.05, 0.1) is 30.3 Å². The van der Waals surface area contributed by atoms with Crippen LogP contribution in [0.4, 0.5) is 5.13 Å². The lowest BCUT2D eigenvalue weighted by Gasteiger charge is -2.12. The molecule has 3 aromatic rings. The summed E-state index contributed by atoms with van der Waals surface area (Å²) >= 11 is 2.42. The van der Waals surface area contributed by atoms with Crippen LogP contribution in [0, 0.1) is 0 Å². The van der Waals surface area contributed by atoms with Crippen molar-refractivity contribution in [2.75, 3.05) is 39.3 Å². The standard InChI is InChI=1S/C22H26N4O6S2/c1-4-32-20(29)18-16(24-21(34-18)23-10-7-11-30-2)13-33-22-25-15-9-6-5-8-14(15)19(28)26(22)12-17(27)31-3/h5-6,8-9H,4,7,10-13H2,1-3H3,(H,23,24). The summed E-state index contributed by atoms with van der Waals surface area (Å²) in [6.45, 7) is 2.95. The number of nitrogens with one attached hydrogen (secondary N) is 1. The van der Waals surface area contributed by atoms with Crippen molar-refractivity contribution in [2.45, 2.75) is 30.8 Å². The molecule has 0 fully saturated rings. The maximum Gasteiger partial charge on any atom is 0.350 e. The average Bonchev–Trinajstić information content (AvgIpc) is 3.25. The van der Waals surface area contributed by atoms with E-state index in [0.717, 1.165) is 6.42 Å². The van der Waals surface area contributed by atoms with Gasteiger partial charge in [0, 0.05) is 26.0 Å². The number of nitrogens with zero attached hydrogens (tertiary/aromatic N) is 3. The third kappa shape index (κ3) is 6.33. The van der Waals surface area contributed by atoms with Crippen LogP contribution in [0.25, 0.3) is 10.9 Å². The van der Waals surface area contributed by atoms with Crippen LogP contribution in [0.5, 0.6) is 0 Å². The van der Waals surface area contributed by atoms with E-state index >= 15 is 0 Å². The summed E-state index contributed by atoms with van der Waals surface area (Å²) in [5.41, 5.74) is 0.679. The smallest absolute Gasteiger partial charge is 0.350 e. The number of esters is 2. The van der Waals surface area contributed by atoms with Gasteiger partial charge in [0.1, 0.15) is 11.4 Å². The Kier molecular flexibility index (Phi) is 9.42. The van der Waals surface area contributed by atoms with Gasteiger partial charge in [-0.2, -0.15) is 0 Å². The Balaban J connectivity index is 1.90. The van der Waals surface area contributed by atoms with Crippen molar-refractivity contribution in [3.05, 3.63) is 45.2 Å². The molecular formula is C22H26N4O6S2. The van der Waals surface area contributed by atoms with E-state index in [-0.39, 0.29) is 24.5 Å². The molecule has 2 aromatic heterocycles. The predicted octanol–water partition coefficient (Wildman–Crippen LogP) is 2.94. The number of carbonyl (C=O) groups excluding carboxylic acids is 2. The first-order valence-corrected chi connectivity index (χ1v) is 12.4. The van der Waals surface area contributed by atoms with Crippen LogP contribution < -0.4 is 10.9 Å². The molecule has 1 N–H and O–H groups in total. The zero-order valence-corrected chi connectivity index (χ0v) is 20.8. The molecule has 0 amide bonds. The number of hydrogen-bond donors (Lipinski definition) is 1. The van der Waals surface area contributed by atoms with Crippen LogP contribution >= 0.6 is 23.1 Å². The number of rotatable bonds is 12. The minimum Gasteiger partial charge on any atom is -0.468 e. The first-order valence-electron chi connectivity index (χ1n) is 10.6. The number of hydrogen-bond acceptors (Lipinski definition) is 11. The molecule has 0 aliphatic rings. The number of ether oxygens (including phenoxy) is 3. The molecule has 12 heteroatoms. The highest BCUT2D eigenvalue weighted by Crippen LogP contribution is 2.30. The van der Waals surface area contributed by atoms with Gasteiger partial charge in [0.2, 0.25) is 0 Å². The highest BCUT2D eigenvalue weighted by Gasteiger charge is 2.21. The second kappa shape index (κ2) is 12.5. The number of methoxy groups -OCH3 is 2. The quantitative estimate of drug-likeness (QED) is 0.170. The van der Waals surface area contributed by atoms with E-state index in [0.29, 0.717) is 44.9 Å². The van der Waals surface area contributed by atoms with Crippen molar-refractivity contribution in [1.29, 1.82) is 0 Å². The predicted molar refractivity (Wildman–Crippen MR) is 131 cm³/mol. The molecule has 2 heterocycles. The second-order valence-corrected chi connectivity index (χ2v) is 8.90. The summed E-state index contributed by atoms with van der Waals surface area (Å²) in [7, 11) is 2.90. The Morgan fingerprint density at radius 1 is 1.21 bits per heavy atom. The highest BCUT2D eigenvalue weighted by molar-refractivity contribution is 7.98. The van der Waals surface area contributed by atoms with Gasteiger partial charge in [-0.15, -0.1) is 0 Å². The summed E-state index contributed by atoms with van der Waals surface area (Å²) in [5.74, 6) is -0.778. The van der Waals surface area contributed by atoms with Gasteiger partial charge in [-0.3, -0.25) is 14.2 Å². The molecule has 1 aromatic carbocycles. The summed E-state index contributed by atoms with van der Waals surface area (Å²) < 4.78 is 16.3. The Bertz CT molecular complexity index is 1210. The molecule has 0 saturated carbocycles. The molecule has 0 radical (unpaired) electrons. The molecule has 0 bridgehead atoms. The molecule has 10 nitrogen and oxygen atoms in total. The summed E-state index contributed by atoms with van der Waals surface area (Å²) in [6, 6.07) is 6.92. The van der Waals surface area contributed by atoms with Crippen molar-refractivity contribution in [1.82, 2.24) is 14.5 Å². The monoisotopic (exact) mass is 506 g/mol. The summed E-state index contributed by atoms with van der Waals surface area (Å²) in [6.07, 6.45) is 0.787. The zero-order chi connectivity index (χ0) is 24.5. The van der Waals surface area contributed by atoms with Crippen molar-refractivity contribution in [2.24, 2.45) is 0 Å². The first-order chi connectivity index (χ1) is 16.5. The van der Waals surface area contributed by atoms with Crippen LogP contribution in [0.3, 0.4) is 0 Å². The third-order valence-corrected chi connectivity index (χ3v) is 6.66. The van der Waals surface area contributed by atoms with Gasteiger partial charge < -0.3 is 19.5 Å². The topological polar surface area (TPSA) is 122 Å². The number of aromatic nitrogens is 3. The van der Waals surface area contributed by atoms with E-state index in [1.165, 1.54) is 34.8 Å². The lowest BCUT2D eigenvalue weighted by molar-refractivity contribution is -0.141. The van der Waals surface area contributed by atoms with Crippen LogP contribution in [0.15, 0.2) is 34.2 Å². The molecule has 0 aliphatic carbocycles. The number of carbonyl (C=O) groups is 2. The molecule has 0 atom stereocenters. The maximum absolute atomic E-state index is 13.0. The summed E-state index contributed by atoms with van der Waals surface area (Å²) in [5, 5.41) is 4.51. The molecule has 182 valence electrons. The van der Waals surface area contributed by atoms with Gasteiger partial charge in [0.25, 0.3) is 5.56 Å². The summed E-state index contributed by atoms with van der Waals surface area (Å²) in [4.78, 5) is 47.0. The van der Waals surface area contributed by atoms with E-state index in [4.69, 9.17) is 14.2 Å². The van der Waals surface area contributed by atoms with Gasteiger partial charge in [0.15, 0.2) is 10.3 Å². The van der Waals surface area contributed by atoms with Crippen molar-refractivity contribution < 1.29 is 23.8 Å². The number of thioether (sulfide) groups is 1. The van der Waals surface area contributed by atoms with Crippen LogP contribution in [0.1, 0.15) is 28.7 Å². The van der Waals surface area contributed by atoms with E-state index in [9.17, 15) is 14.4 Å². The van der Waals surface area contributed by atoms with Gasteiger partial charge in [-0.05, 0) is 25.5 Å². The van der Waals surface area contributed by atoms with E-state index in [1.54, 1.807) is 38.3 Å². The number of benzene rings is 1. The van der Waals surface area contributed by atoms with E-state index in [2.05, 4.69) is 15.3 Å². The SMILES string of the molecule is CCOC(=O)c1sc(NCCCOC)nc1CSc1nc2ccccc2c(=O)n1CC(=O)OC. The van der Waals surface area contributed by atoms with E-state index < -0.39 is 11.9 Å². The van der Waals surface area contributed by atoms with Gasteiger partial charge in [-0.25, -0.2) is 14.8 Å². The fourth-order valence-electron chi connectivity index (χ4n) is 3.02. The molecular weight excluding hydrogens is 480 g/mol. The third-order valence-electron chi connectivity index (χ3n) is 4.64. The fourth-order valence-corrected chi connectivity index (χ4v) is 4.95. The molecule has 0 aliphatic heterocycles. The van der Waals surface area contributed by atoms with Crippen molar-refractivity contribution >= 4 is 51.1 Å². The molecule has 0 spiro atoms. The van der Waals surface area contributed by atoms with Crippen LogP contribution in [-0.4, -0.2) is 60.5 Å². The number of para-hydroxylation sites is 1.